The Morgan fingerprint density at radius 3 is 1.98 bits per heavy atom. The first-order valence-electron chi connectivity index (χ1n) is 19.1. The molecule has 0 fully saturated rings. The lowest BCUT2D eigenvalue weighted by molar-refractivity contribution is -0.139. The van der Waals surface area contributed by atoms with E-state index in [0.29, 0.717) is 52.0 Å². The van der Waals surface area contributed by atoms with Gasteiger partial charge in [0.25, 0.3) is 17.7 Å². The minimum atomic E-state index is -2.07. The standard InChI is InChI=1S/C46H42N4O8/c1-31(10-9-17-42(52)47(24-25-51)27-32-11-3-2-4-12-32)46(56)36-26-35(50-39-14-6-8-16-41(39)58-30-44(50)54)22-23-37(36)48(45(46)55)28-33-18-20-34(21-19-33)49-38-13-5-7-15-40(38)57-29-43(49)53/h2-16,18-23,26,31,51,56H,17,24-25,27-30H2,1H3/b10-9+/t31-,46+/m0/s1. The summed E-state index contributed by atoms with van der Waals surface area (Å²) in [5.41, 5.74) is 2.67. The number of fused-ring (bicyclic) bond motifs is 3. The molecular formula is C46H42N4O8. The first-order chi connectivity index (χ1) is 28.2. The van der Waals surface area contributed by atoms with Crippen molar-refractivity contribution in [2.24, 2.45) is 5.92 Å². The third-order valence-electron chi connectivity index (χ3n) is 10.8. The molecule has 3 aliphatic rings. The highest BCUT2D eigenvalue weighted by Gasteiger charge is 2.53. The third kappa shape index (κ3) is 7.08. The van der Waals surface area contributed by atoms with E-state index in [0.717, 1.165) is 11.1 Å². The van der Waals surface area contributed by atoms with Gasteiger partial charge in [-0.2, -0.15) is 0 Å². The molecule has 0 saturated carbocycles. The number of amides is 4. The van der Waals surface area contributed by atoms with Crippen molar-refractivity contribution in [1.82, 2.24) is 4.90 Å². The van der Waals surface area contributed by atoms with Crippen LogP contribution in [-0.4, -0.2) is 65.1 Å². The Balaban J connectivity index is 1.10. The van der Waals surface area contributed by atoms with Crippen molar-refractivity contribution in [1.29, 1.82) is 0 Å². The summed E-state index contributed by atoms with van der Waals surface area (Å²) in [6, 6.07) is 36.4. The molecule has 12 nitrogen and oxygen atoms in total. The molecule has 3 heterocycles. The zero-order valence-electron chi connectivity index (χ0n) is 31.9. The van der Waals surface area contributed by atoms with Crippen molar-refractivity contribution < 1.29 is 38.9 Å². The summed E-state index contributed by atoms with van der Waals surface area (Å²) >= 11 is 0. The highest BCUT2D eigenvalue weighted by atomic mass is 16.5. The van der Waals surface area contributed by atoms with Crippen molar-refractivity contribution in [2.45, 2.75) is 32.0 Å². The molecule has 0 bridgehead atoms. The number of aliphatic hydroxyl groups excluding tert-OH is 1. The van der Waals surface area contributed by atoms with Crippen LogP contribution in [0.3, 0.4) is 0 Å². The van der Waals surface area contributed by atoms with Crippen molar-refractivity contribution in [2.75, 3.05) is 41.1 Å². The SMILES string of the molecule is C[C@@H](/C=C/CC(=O)N(CCO)Cc1ccccc1)[C@]1(O)C(=O)N(Cc2ccc(N3C(=O)COc4ccccc43)cc2)c2ccc(N3C(=O)COc4ccccc43)cc21. The van der Waals surface area contributed by atoms with Gasteiger partial charge in [0.2, 0.25) is 5.91 Å². The smallest absolute Gasteiger partial charge is 0.269 e. The van der Waals surface area contributed by atoms with Crippen LogP contribution in [0.15, 0.2) is 133 Å². The van der Waals surface area contributed by atoms with Crippen molar-refractivity contribution in [3.63, 3.8) is 0 Å². The molecule has 0 aromatic heterocycles. The number of carbonyl (C=O) groups is 4. The van der Waals surface area contributed by atoms with E-state index in [1.54, 1.807) is 65.3 Å². The largest absolute Gasteiger partial charge is 0.482 e. The van der Waals surface area contributed by atoms with Gasteiger partial charge in [-0.25, -0.2) is 0 Å². The van der Waals surface area contributed by atoms with E-state index < -0.39 is 17.4 Å². The molecule has 5 aromatic carbocycles. The minimum absolute atomic E-state index is 0.0143. The zero-order valence-corrected chi connectivity index (χ0v) is 31.9. The Morgan fingerprint density at radius 2 is 1.34 bits per heavy atom. The molecule has 3 aliphatic heterocycles. The summed E-state index contributed by atoms with van der Waals surface area (Å²) in [5, 5.41) is 22.3. The second kappa shape index (κ2) is 16.0. The number of rotatable bonds is 12. The number of ether oxygens (including phenoxy) is 2. The highest BCUT2D eigenvalue weighted by Crippen LogP contribution is 2.49. The fourth-order valence-electron chi connectivity index (χ4n) is 7.79. The van der Waals surface area contributed by atoms with Crippen LogP contribution in [0.5, 0.6) is 11.5 Å². The van der Waals surface area contributed by atoms with Gasteiger partial charge in [0.15, 0.2) is 18.8 Å². The first-order valence-corrected chi connectivity index (χ1v) is 19.1. The van der Waals surface area contributed by atoms with Crippen LogP contribution in [0, 0.1) is 5.92 Å². The van der Waals surface area contributed by atoms with Crippen LogP contribution in [0.2, 0.25) is 0 Å². The molecule has 2 atom stereocenters. The predicted molar refractivity (Wildman–Crippen MR) is 218 cm³/mol. The Labute approximate surface area is 335 Å². The molecule has 4 amide bonds. The Bertz CT molecular complexity index is 2400. The molecule has 12 heteroatoms. The number of carbonyl (C=O) groups excluding carboxylic acids is 4. The lowest BCUT2D eigenvalue weighted by atomic mass is 9.82. The number of hydrogen-bond donors (Lipinski definition) is 2. The van der Waals surface area contributed by atoms with Crippen LogP contribution < -0.4 is 24.2 Å². The molecule has 0 spiro atoms. The number of benzene rings is 5. The molecule has 8 rings (SSSR count). The van der Waals surface area contributed by atoms with Gasteiger partial charge in [-0.3, -0.25) is 29.0 Å². The first kappa shape index (κ1) is 38.1. The molecule has 2 N–H and O–H groups in total. The maximum Gasteiger partial charge on any atom is 0.269 e. The van der Waals surface area contributed by atoms with Gasteiger partial charge >= 0.3 is 0 Å². The van der Waals surface area contributed by atoms with Gasteiger partial charge in [0, 0.05) is 42.4 Å². The quantitative estimate of drug-likeness (QED) is 0.144. The van der Waals surface area contributed by atoms with Gasteiger partial charge in [0.1, 0.15) is 11.5 Å². The van der Waals surface area contributed by atoms with Crippen LogP contribution >= 0.6 is 0 Å². The topological polar surface area (TPSA) is 140 Å². The second-order valence-electron chi connectivity index (χ2n) is 14.4. The number of hydrogen-bond acceptors (Lipinski definition) is 8. The fourth-order valence-corrected chi connectivity index (χ4v) is 7.79. The summed E-state index contributed by atoms with van der Waals surface area (Å²) in [6.45, 7) is 1.85. The van der Waals surface area contributed by atoms with E-state index >= 15 is 0 Å². The minimum Gasteiger partial charge on any atom is -0.482 e. The molecule has 294 valence electrons. The lowest BCUT2D eigenvalue weighted by Gasteiger charge is -2.31. The van der Waals surface area contributed by atoms with Gasteiger partial charge < -0.3 is 29.5 Å². The number of nitrogens with zero attached hydrogens (tertiary/aromatic N) is 4. The molecule has 5 aromatic rings. The third-order valence-corrected chi connectivity index (χ3v) is 10.8. The van der Waals surface area contributed by atoms with E-state index in [4.69, 9.17) is 9.47 Å². The Kier molecular flexibility index (Phi) is 10.5. The van der Waals surface area contributed by atoms with E-state index in [9.17, 15) is 29.4 Å². The average Bonchev–Trinajstić information content (AvgIpc) is 3.46. The summed E-state index contributed by atoms with van der Waals surface area (Å²) in [5.74, 6) is -0.972. The monoisotopic (exact) mass is 778 g/mol. The molecule has 58 heavy (non-hydrogen) atoms. The Morgan fingerprint density at radius 1 is 0.759 bits per heavy atom. The van der Waals surface area contributed by atoms with Crippen molar-refractivity contribution in [3.05, 3.63) is 150 Å². The zero-order chi connectivity index (χ0) is 40.4. The predicted octanol–water partition coefficient (Wildman–Crippen LogP) is 6.14. The van der Waals surface area contributed by atoms with E-state index in [1.807, 2.05) is 84.9 Å². The van der Waals surface area contributed by atoms with Crippen LogP contribution in [0.1, 0.15) is 30.0 Å². The molecule has 0 saturated heterocycles. The number of para-hydroxylation sites is 4. The lowest BCUT2D eigenvalue weighted by Crippen LogP contribution is -2.44. The summed E-state index contributed by atoms with van der Waals surface area (Å²) in [6.07, 6.45) is 3.29. The summed E-state index contributed by atoms with van der Waals surface area (Å²) in [7, 11) is 0. The second-order valence-corrected chi connectivity index (χ2v) is 14.4. The maximum absolute atomic E-state index is 14.6. The fraction of sp³-hybridized carbons (Fsp3) is 0.217. The maximum atomic E-state index is 14.6. The highest BCUT2D eigenvalue weighted by molar-refractivity contribution is 6.09. The van der Waals surface area contributed by atoms with Crippen LogP contribution in [0.4, 0.5) is 28.4 Å². The molecule has 0 unspecified atom stereocenters. The molecule has 0 radical (unpaired) electrons. The summed E-state index contributed by atoms with van der Waals surface area (Å²) < 4.78 is 11.3. The van der Waals surface area contributed by atoms with Crippen molar-refractivity contribution in [3.8, 4) is 11.5 Å². The normalized spacial score (nSPS) is 17.7. The van der Waals surface area contributed by atoms with Gasteiger partial charge in [-0.1, -0.05) is 85.8 Å². The van der Waals surface area contributed by atoms with E-state index in [1.165, 1.54) is 9.80 Å². The van der Waals surface area contributed by atoms with Crippen LogP contribution in [0.25, 0.3) is 0 Å². The van der Waals surface area contributed by atoms with E-state index in [-0.39, 0.29) is 57.1 Å². The number of anilines is 5. The molecule has 0 aliphatic carbocycles. The van der Waals surface area contributed by atoms with Gasteiger partial charge in [0.05, 0.1) is 30.2 Å². The number of aliphatic hydroxyl groups is 2. The average molecular weight is 779 g/mol. The van der Waals surface area contributed by atoms with Crippen molar-refractivity contribution >= 4 is 52.1 Å². The Hall–Kier alpha value is -6.76. The van der Waals surface area contributed by atoms with Gasteiger partial charge in [-0.05, 0) is 65.7 Å². The van der Waals surface area contributed by atoms with Crippen LogP contribution in [-0.2, 0) is 37.9 Å². The van der Waals surface area contributed by atoms with E-state index in [2.05, 4.69) is 0 Å². The molecular weight excluding hydrogens is 737 g/mol. The van der Waals surface area contributed by atoms with Gasteiger partial charge in [-0.15, -0.1) is 0 Å². The summed E-state index contributed by atoms with van der Waals surface area (Å²) in [4.78, 5) is 60.5.